The van der Waals surface area contributed by atoms with E-state index in [0.29, 0.717) is 11.7 Å². The maximum atomic E-state index is 9.01. The van der Waals surface area contributed by atoms with Gasteiger partial charge in [0.15, 0.2) is 0 Å². The van der Waals surface area contributed by atoms with Gasteiger partial charge < -0.3 is 16.2 Å². The van der Waals surface area contributed by atoms with Gasteiger partial charge in [0.05, 0.1) is 6.61 Å². The molecule has 0 amide bonds. The zero-order chi connectivity index (χ0) is 11.7. The number of aliphatic hydroxyl groups excluding tert-OH is 1. The molecule has 0 spiro atoms. The molecule has 0 bridgehead atoms. The highest BCUT2D eigenvalue weighted by Gasteiger charge is 2.28. The molecule has 1 aliphatic carbocycles. The van der Waals surface area contributed by atoms with Crippen LogP contribution < -0.4 is 11.1 Å². The summed E-state index contributed by atoms with van der Waals surface area (Å²) in [6.07, 6.45) is 2.30. The summed E-state index contributed by atoms with van der Waals surface area (Å²) in [5, 5.41) is 12.2. The van der Waals surface area contributed by atoms with Crippen molar-refractivity contribution in [2.75, 3.05) is 17.7 Å². The Labute approximate surface area is 95.1 Å². The van der Waals surface area contributed by atoms with E-state index in [0.717, 1.165) is 30.0 Å². The largest absolute Gasteiger partial charge is 0.394 e. The van der Waals surface area contributed by atoms with Gasteiger partial charge in [0.2, 0.25) is 0 Å². The van der Waals surface area contributed by atoms with Gasteiger partial charge in [0, 0.05) is 17.5 Å². The van der Waals surface area contributed by atoms with Gasteiger partial charge in [0.1, 0.15) is 17.5 Å². The predicted molar refractivity (Wildman–Crippen MR) is 63.3 cm³/mol. The molecule has 1 saturated carbocycles. The van der Waals surface area contributed by atoms with E-state index in [2.05, 4.69) is 15.3 Å². The van der Waals surface area contributed by atoms with Crippen LogP contribution in [0.25, 0.3) is 0 Å². The number of nitrogens with zero attached hydrogens (tertiary/aromatic N) is 2. The number of hydrogen-bond acceptors (Lipinski definition) is 5. The fourth-order valence-corrected chi connectivity index (χ4v) is 1.50. The van der Waals surface area contributed by atoms with Gasteiger partial charge in [-0.3, -0.25) is 0 Å². The minimum Gasteiger partial charge on any atom is -0.394 e. The molecule has 1 aromatic rings. The van der Waals surface area contributed by atoms with Gasteiger partial charge >= 0.3 is 0 Å². The molecule has 5 heteroatoms. The Bertz CT molecular complexity index is 390. The Balaban J connectivity index is 2.27. The lowest BCUT2D eigenvalue weighted by molar-refractivity contribution is 0.281. The van der Waals surface area contributed by atoms with E-state index in [4.69, 9.17) is 10.8 Å². The molecule has 2 rings (SSSR count). The Kier molecular flexibility index (Phi) is 2.96. The number of nitrogens with two attached hydrogens (primary N) is 1. The Morgan fingerprint density at radius 3 is 2.75 bits per heavy atom. The first-order valence-electron chi connectivity index (χ1n) is 5.63. The SMILES string of the molecule is Cc1c(N)nc(C2CC2)nc1NC(C)CO. The number of anilines is 2. The van der Waals surface area contributed by atoms with E-state index in [1.54, 1.807) is 0 Å². The number of aliphatic hydroxyl groups is 1. The van der Waals surface area contributed by atoms with Gasteiger partial charge in [-0.25, -0.2) is 9.97 Å². The Morgan fingerprint density at radius 2 is 2.19 bits per heavy atom. The molecule has 5 nitrogen and oxygen atoms in total. The summed E-state index contributed by atoms with van der Waals surface area (Å²) >= 11 is 0. The summed E-state index contributed by atoms with van der Waals surface area (Å²) in [6, 6.07) is -0.0277. The van der Waals surface area contributed by atoms with Crippen molar-refractivity contribution in [1.82, 2.24) is 9.97 Å². The number of nitrogen functional groups attached to an aromatic ring is 1. The molecule has 1 aliphatic rings. The van der Waals surface area contributed by atoms with E-state index in [9.17, 15) is 0 Å². The van der Waals surface area contributed by atoms with Crippen molar-refractivity contribution in [2.24, 2.45) is 0 Å². The summed E-state index contributed by atoms with van der Waals surface area (Å²) in [5.74, 6) is 2.59. The summed E-state index contributed by atoms with van der Waals surface area (Å²) in [6.45, 7) is 3.86. The minimum absolute atomic E-state index is 0.0277. The van der Waals surface area contributed by atoms with Crippen LogP contribution in [0.15, 0.2) is 0 Å². The summed E-state index contributed by atoms with van der Waals surface area (Å²) in [5.41, 5.74) is 6.70. The molecule has 1 unspecified atom stereocenters. The zero-order valence-corrected chi connectivity index (χ0v) is 9.70. The first-order valence-corrected chi connectivity index (χ1v) is 5.63. The molecule has 0 aliphatic heterocycles. The van der Waals surface area contributed by atoms with E-state index in [1.165, 1.54) is 0 Å². The molecular formula is C11H18N4O. The first-order chi connectivity index (χ1) is 7.61. The molecule has 16 heavy (non-hydrogen) atoms. The Morgan fingerprint density at radius 1 is 1.50 bits per heavy atom. The lowest BCUT2D eigenvalue weighted by Crippen LogP contribution is -2.21. The standard InChI is InChI=1S/C11H18N4O/c1-6(5-16)13-10-7(2)9(12)14-11(15-10)8-3-4-8/h6,8,16H,3-5H2,1-2H3,(H3,12,13,14,15). The third-order valence-corrected chi connectivity index (χ3v) is 2.80. The van der Waals surface area contributed by atoms with Crippen LogP contribution in [-0.4, -0.2) is 27.7 Å². The molecular weight excluding hydrogens is 204 g/mol. The lowest BCUT2D eigenvalue weighted by Gasteiger charge is -2.15. The molecule has 88 valence electrons. The highest BCUT2D eigenvalue weighted by Crippen LogP contribution is 2.39. The van der Waals surface area contributed by atoms with Crippen LogP contribution in [0.4, 0.5) is 11.6 Å². The van der Waals surface area contributed by atoms with Crippen molar-refractivity contribution < 1.29 is 5.11 Å². The summed E-state index contributed by atoms with van der Waals surface area (Å²) < 4.78 is 0. The van der Waals surface area contributed by atoms with Gasteiger partial charge in [-0.15, -0.1) is 0 Å². The normalized spacial score (nSPS) is 17.2. The topological polar surface area (TPSA) is 84.1 Å². The molecule has 0 radical (unpaired) electrons. The molecule has 1 atom stereocenters. The van der Waals surface area contributed by atoms with Crippen LogP contribution in [0.3, 0.4) is 0 Å². The highest BCUT2D eigenvalue weighted by molar-refractivity contribution is 5.55. The van der Waals surface area contributed by atoms with Crippen molar-refractivity contribution in [3.8, 4) is 0 Å². The van der Waals surface area contributed by atoms with Crippen molar-refractivity contribution in [3.63, 3.8) is 0 Å². The van der Waals surface area contributed by atoms with Crippen LogP contribution in [0, 0.1) is 6.92 Å². The van der Waals surface area contributed by atoms with Crippen LogP contribution in [0.5, 0.6) is 0 Å². The van der Waals surface area contributed by atoms with Gasteiger partial charge in [-0.2, -0.15) is 0 Å². The molecule has 0 aromatic carbocycles. The molecule has 1 fully saturated rings. The number of hydrogen-bond donors (Lipinski definition) is 3. The number of aromatic nitrogens is 2. The molecule has 0 saturated heterocycles. The third kappa shape index (κ3) is 2.24. The van der Waals surface area contributed by atoms with Crippen molar-refractivity contribution in [1.29, 1.82) is 0 Å². The quantitative estimate of drug-likeness (QED) is 0.708. The second-order valence-corrected chi connectivity index (χ2v) is 4.44. The van der Waals surface area contributed by atoms with Crippen molar-refractivity contribution in [2.45, 2.75) is 38.6 Å². The maximum absolute atomic E-state index is 9.01. The Hall–Kier alpha value is -1.36. The lowest BCUT2D eigenvalue weighted by atomic mass is 10.2. The van der Waals surface area contributed by atoms with Gasteiger partial charge in [0.25, 0.3) is 0 Å². The molecule has 1 heterocycles. The smallest absolute Gasteiger partial charge is 0.136 e. The zero-order valence-electron chi connectivity index (χ0n) is 9.70. The summed E-state index contributed by atoms with van der Waals surface area (Å²) in [4.78, 5) is 8.76. The summed E-state index contributed by atoms with van der Waals surface area (Å²) in [7, 11) is 0. The minimum atomic E-state index is -0.0277. The average molecular weight is 222 g/mol. The van der Waals surface area contributed by atoms with E-state index < -0.39 is 0 Å². The van der Waals surface area contributed by atoms with Crippen molar-refractivity contribution in [3.05, 3.63) is 11.4 Å². The fraction of sp³-hybridized carbons (Fsp3) is 0.636. The monoisotopic (exact) mass is 222 g/mol. The number of rotatable bonds is 4. The predicted octanol–water partition coefficient (Wildman–Crippen LogP) is 1.04. The highest BCUT2D eigenvalue weighted by atomic mass is 16.3. The van der Waals surface area contributed by atoms with Crippen molar-refractivity contribution >= 4 is 11.6 Å². The third-order valence-electron chi connectivity index (χ3n) is 2.80. The van der Waals surface area contributed by atoms with Crippen LogP contribution in [0.2, 0.25) is 0 Å². The van der Waals surface area contributed by atoms with E-state index in [-0.39, 0.29) is 12.6 Å². The molecule has 1 aromatic heterocycles. The van der Waals surface area contributed by atoms with Gasteiger partial charge in [-0.05, 0) is 26.7 Å². The van der Waals surface area contributed by atoms with Crippen LogP contribution in [-0.2, 0) is 0 Å². The second-order valence-electron chi connectivity index (χ2n) is 4.44. The number of nitrogens with one attached hydrogen (secondary N) is 1. The van der Waals surface area contributed by atoms with E-state index >= 15 is 0 Å². The molecule has 4 N–H and O–H groups in total. The maximum Gasteiger partial charge on any atom is 0.136 e. The fourth-order valence-electron chi connectivity index (χ4n) is 1.50. The van der Waals surface area contributed by atoms with Gasteiger partial charge in [-0.1, -0.05) is 0 Å². The first kappa shape index (κ1) is 11.1. The van der Waals surface area contributed by atoms with Crippen LogP contribution >= 0.6 is 0 Å². The second kappa shape index (κ2) is 4.25. The van der Waals surface area contributed by atoms with Crippen LogP contribution in [0.1, 0.15) is 37.1 Å². The average Bonchev–Trinajstić information content (AvgIpc) is 3.07. The van der Waals surface area contributed by atoms with E-state index in [1.807, 2.05) is 13.8 Å².